The first kappa shape index (κ1) is 30.8. The Hall–Kier alpha value is -6.52. The zero-order valence-corrected chi connectivity index (χ0v) is 25.6. The Morgan fingerprint density at radius 2 is 1.02 bits per heavy atom. The summed E-state index contributed by atoms with van der Waals surface area (Å²) in [4.78, 5) is 0. The minimum Gasteiger partial charge on any atom is -0.308 e. The summed E-state index contributed by atoms with van der Waals surface area (Å²) in [6.07, 6.45) is -9.18. The molecule has 0 aliphatic rings. The van der Waals surface area contributed by atoms with Crippen molar-refractivity contribution < 1.29 is 26.3 Å². The number of aromatic nitrogens is 2. The number of nitrogens with zero attached hydrogens (tertiary/aromatic N) is 4. The average molecular weight is 671 g/mol. The Morgan fingerprint density at radius 1 is 0.480 bits per heavy atom. The Bertz CT molecular complexity index is 2770. The predicted molar refractivity (Wildman–Crippen MR) is 180 cm³/mol. The van der Waals surface area contributed by atoms with Crippen molar-refractivity contribution in [3.8, 4) is 34.6 Å². The van der Waals surface area contributed by atoms with Crippen LogP contribution >= 0.6 is 0 Å². The molecule has 0 atom stereocenters. The van der Waals surface area contributed by atoms with Gasteiger partial charge in [0.15, 0.2) is 0 Å². The van der Waals surface area contributed by atoms with Crippen molar-refractivity contribution in [2.45, 2.75) is 12.4 Å². The smallest absolute Gasteiger partial charge is 0.308 e. The van der Waals surface area contributed by atoms with Crippen molar-refractivity contribution in [2.75, 3.05) is 0 Å². The van der Waals surface area contributed by atoms with Crippen LogP contribution in [0, 0.1) is 22.7 Å². The SMILES string of the molecule is N#Cc1cccc(-c2ccc(-n3c4ccccc4c4cc(C(F)(F)F)ccc43)c(C#N)c2-n2c3ccccc3c3cc(C(F)(F)F)ccc32)c1. The Morgan fingerprint density at radius 3 is 1.58 bits per heavy atom. The fraction of sp³-hybridized carbons (Fsp3) is 0.0500. The zero-order chi connectivity index (χ0) is 34.9. The van der Waals surface area contributed by atoms with Crippen molar-refractivity contribution in [1.29, 1.82) is 10.5 Å². The van der Waals surface area contributed by atoms with E-state index in [9.17, 15) is 36.9 Å². The van der Waals surface area contributed by atoms with Gasteiger partial charge in [-0.3, -0.25) is 0 Å². The standard InChI is InChI=1S/C40H20F6N4/c41-39(42,43)25-12-15-35-30(19-25)28-8-1-3-10-33(28)49(35)37-17-14-27(24-7-5-6-23(18-24)21-47)38(32(37)22-48)50-34-11-4-2-9-29(34)31-20-26(40(44,45)46)13-16-36(31)50/h1-20H. The van der Waals surface area contributed by atoms with E-state index in [0.717, 1.165) is 24.3 Å². The van der Waals surface area contributed by atoms with Crippen LogP contribution in [-0.4, -0.2) is 9.13 Å². The fourth-order valence-electron chi connectivity index (χ4n) is 6.90. The van der Waals surface area contributed by atoms with Crippen LogP contribution in [-0.2, 0) is 12.4 Å². The fourth-order valence-corrected chi connectivity index (χ4v) is 6.90. The second kappa shape index (κ2) is 11.0. The van der Waals surface area contributed by atoms with E-state index in [4.69, 9.17) is 0 Å². The van der Waals surface area contributed by atoms with E-state index < -0.39 is 23.5 Å². The molecule has 2 aromatic heterocycles. The maximum atomic E-state index is 13.9. The number of fused-ring (bicyclic) bond motifs is 6. The largest absolute Gasteiger partial charge is 0.416 e. The van der Waals surface area contributed by atoms with Gasteiger partial charge in [-0.25, -0.2) is 0 Å². The molecule has 0 fully saturated rings. The van der Waals surface area contributed by atoms with Gasteiger partial charge in [0.2, 0.25) is 0 Å². The van der Waals surface area contributed by atoms with Gasteiger partial charge in [-0.15, -0.1) is 0 Å². The van der Waals surface area contributed by atoms with Gasteiger partial charge in [0.25, 0.3) is 0 Å². The molecule has 8 aromatic rings. The molecule has 4 nitrogen and oxygen atoms in total. The number of nitriles is 2. The molecule has 8 rings (SSSR count). The van der Waals surface area contributed by atoms with Gasteiger partial charge in [-0.05, 0) is 72.3 Å². The summed E-state index contributed by atoms with van der Waals surface area (Å²) in [6.45, 7) is 0. The average Bonchev–Trinajstić information content (AvgIpc) is 3.62. The lowest BCUT2D eigenvalue weighted by Crippen LogP contribution is -2.07. The van der Waals surface area contributed by atoms with Gasteiger partial charge in [0, 0.05) is 27.1 Å². The molecular weight excluding hydrogens is 650 g/mol. The Balaban J connectivity index is 1.54. The van der Waals surface area contributed by atoms with Crippen LogP contribution < -0.4 is 0 Å². The molecule has 2 heterocycles. The number of benzene rings is 6. The van der Waals surface area contributed by atoms with Gasteiger partial charge >= 0.3 is 12.4 Å². The predicted octanol–water partition coefficient (Wildman–Crippen LogP) is 11.3. The number of alkyl halides is 6. The monoisotopic (exact) mass is 670 g/mol. The molecule has 0 saturated carbocycles. The van der Waals surface area contributed by atoms with Crippen LogP contribution in [0.25, 0.3) is 66.1 Å². The van der Waals surface area contributed by atoms with Crippen LogP contribution in [0.3, 0.4) is 0 Å². The van der Waals surface area contributed by atoms with E-state index in [0.29, 0.717) is 71.7 Å². The summed E-state index contributed by atoms with van der Waals surface area (Å²) in [5.41, 5.74) is 2.55. The van der Waals surface area contributed by atoms with Gasteiger partial charge in [-0.2, -0.15) is 36.9 Å². The number of hydrogen-bond acceptors (Lipinski definition) is 2. The lowest BCUT2D eigenvalue weighted by atomic mass is 9.97. The molecule has 0 N–H and O–H groups in total. The quantitative estimate of drug-likeness (QED) is 0.176. The minimum atomic E-state index is -4.60. The molecule has 50 heavy (non-hydrogen) atoms. The molecule has 242 valence electrons. The summed E-state index contributed by atoms with van der Waals surface area (Å²) < 4.78 is 86.8. The molecule has 0 amide bonds. The summed E-state index contributed by atoms with van der Waals surface area (Å²) in [6, 6.07) is 35.5. The number of hydrogen-bond donors (Lipinski definition) is 0. The lowest BCUT2D eigenvalue weighted by molar-refractivity contribution is -0.138. The lowest BCUT2D eigenvalue weighted by Gasteiger charge is -2.20. The van der Waals surface area contributed by atoms with E-state index in [-0.39, 0.29) is 5.56 Å². The first-order valence-electron chi connectivity index (χ1n) is 15.3. The van der Waals surface area contributed by atoms with Crippen molar-refractivity contribution in [1.82, 2.24) is 9.13 Å². The molecule has 0 aliphatic heterocycles. The number of rotatable bonds is 3. The molecule has 0 radical (unpaired) electrons. The second-order valence-electron chi connectivity index (χ2n) is 11.8. The first-order valence-corrected chi connectivity index (χ1v) is 15.3. The summed E-state index contributed by atoms with van der Waals surface area (Å²) >= 11 is 0. The zero-order valence-electron chi connectivity index (χ0n) is 25.6. The highest BCUT2D eigenvalue weighted by Crippen LogP contribution is 2.44. The summed E-state index contributed by atoms with van der Waals surface area (Å²) in [5, 5.41) is 22.5. The maximum Gasteiger partial charge on any atom is 0.416 e. The van der Waals surface area contributed by atoms with Crippen molar-refractivity contribution in [3.05, 3.63) is 144 Å². The minimum absolute atomic E-state index is 0.120. The highest BCUT2D eigenvalue weighted by molar-refractivity contribution is 6.12. The third kappa shape index (κ3) is 4.68. The van der Waals surface area contributed by atoms with Crippen LogP contribution in [0.15, 0.2) is 121 Å². The third-order valence-corrected chi connectivity index (χ3v) is 9.03. The van der Waals surface area contributed by atoms with Crippen LogP contribution in [0.1, 0.15) is 22.3 Å². The highest BCUT2D eigenvalue weighted by atomic mass is 19.4. The van der Waals surface area contributed by atoms with Crippen LogP contribution in [0.4, 0.5) is 26.3 Å². The Kier molecular flexibility index (Phi) is 6.78. The number of halogens is 6. The van der Waals surface area contributed by atoms with Crippen molar-refractivity contribution in [2.24, 2.45) is 0 Å². The van der Waals surface area contributed by atoms with Crippen LogP contribution in [0.2, 0.25) is 0 Å². The van der Waals surface area contributed by atoms with Crippen LogP contribution in [0.5, 0.6) is 0 Å². The number of para-hydroxylation sites is 2. The summed E-state index contributed by atoms with van der Waals surface area (Å²) in [7, 11) is 0. The summed E-state index contributed by atoms with van der Waals surface area (Å²) in [5.74, 6) is 0. The molecule has 0 saturated heterocycles. The normalized spacial score (nSPS) is 12.2. The van der Waals surface area contributed by atoms with Gasteiger partial charge < -0.3 is 9.13 Å². The maximum absolute atomic E-state index is 13.9. The van der Waals surface area contributed by atoms with E-state index >= 15 is 0 Å². The van der Waals surface area contributed by atoms with Gasteiger partial charge in [0.05, 0.1) is 56.2 Å². The van der Waals surface area contributed by atoms with Crippen molar-refractivity contribution in [3.63, 3.8) is 0 Å². The molecule has 0 spiro atoms. The highest BCUT2D eigenvalue weighted by Gasteiger charge is 2.33. The van der Waals surface area contributed by atoms with E-state index in [1.165, 1.54) is 12.1 Å². The molecule has 0 aliphatic carbocycles. The van der Waals surface area contributed by atoms with E-state index in [2.05, 4.69) is 12.1 Å². The third-order valence-electron chi connectivity index (χ3n) is 9.03. The van der Waals surface area contributed by atoms with Gasteiger partial charge in [-0.1, -0.05) is 54.6 Å². The molecule has 0 bridgehead atoms. The van der Waals surface area contributed by atoms with E-state index in [1.807, 2.05) is 0 Å². The van der Waals surface area contributed by atoms with E-state index in [1.54, 1.807) is 94.1 Å². The Labute approximate surface area is 279 Å². The second-order valence-corrected chi connectivity index (χ2v) is 11.8. The van der Waals surface area contributed by atoms with Crippen molar-refractivity contribution >= 4 is 43.6 Å². The molecule has 10 heteroatoms. The first-order chi connectivity index (χ1) is 24.0. The molecular formula is C40H20F6N4. The topological polar surface area (TPSA) is 57.4 Å². The van der Waals surface area contributed by atoms with Gasteiger partial charge in [0.1, 0.15) is 11.6 Å². The molecule has 0 unspecified atom stereocenters. The molecule has 6 aromatic carbocycles.